The number of amides is 1. The fraction of sp³-hybridized carbons (Fsp3) is 0.500. The summed E-state index contributed by atoms with van der Waals surface area (Å²) in [7, 11) is 0. The van der Waals surface area contributed by atoms with Gasteiger partial charge in [-0.15, -0.1) is 6.42 Å². The number of rotatable bonds is 4. The molecule has 4 heteroatoms. The maximum atomic E-state index is 11.4. The van der Waals surface area contributed by atoms with Crippen LogP contribution in [-0.4, -0.2) is 25.9 Å². The molecule has 0 radical (unpaired) electrons. The number of ether oxygens (including phenoxy) is 1. The second-order valence-corrected chi connectivity index (χ2v) is 1.43. The van der Waals surface area contributed by atoms with Crippen molar-refractivity contribution in [1.82, 2.24) is 5.32 Å². The van der Waals surface area contributed by atoms with Crippen LogP contribution in [0.1, 0.15) is 0 Å². The van der Waals surface area contributed by atoms with Gasteiger partial charge in [-0.3, -0.25) is 4.79 Å². The van der Waals surface area contributed by atoms with Crippen LogP contribution in [0.5, 0.6) is 0 Å². The maximum absolute atomic E-state index is 11.4. The van der Waals surface area contributed by atoms with E-state index in [4.69, 9.17) is 6.42 Å². The molecule has 0 aliphatic heterocycles. The molecule has 0 unspecified atom stereocenters. The molecular formula is C6H8FNO2. The first-order valence-corrected chi connectivity index (χ1v) is 2.65. The van der Waals surface area contributed by atoms with Crippen LogP contribution in [0, 0.1) is 12.3 Å². The molecule has 0 aromatic carbocycles. The zero-order valence-electron chi connectivity index (χ0n) is 5.39. The first-order valence-electron chi connectivity index (χ1n) is 2.65. The standard InChI is InChI=1S/C6H8FNO2/c1-2-3-10-5-8-6(9)4-7/h1H,3-5H2,(H,8,9). The lowest BCUT2D eigenvalue weighted by Crippen LogP contribution is -2.27. The number of terminal acetylenes is 1. The Morgan fingerprint density at radius 1 is 1.80 bits per heavy atom. The Kier molecular flexibility index (Phi) is 5.39. The van der Waals surface area contributed by atoms with Crippen LogP contribution in [0.3, 0.4) is 0 Å². The molecule has 0 spiro atoms. The summed E-state index contributed by atoms with van der Waals surface area (Å²) in [6.45, 7) is -0.946. The molecule has 1 amide bonds. The Hall–Kier alpha value is -1.08. The van der Waals surface area contributed by atoms with Gasteiger partial charge in [0.15, 0.2) is 6.67 Å². The second-order valence-electron chi connectivity index (χ2n) is 1.43. The molecule has 0 aliphatic carbocycles. The summed E-state index contributed by atoms with van der Waals surface area (Å²) >= 11 is 0. The fourth-order valence-electron chi connectivity index (χ4n) is 0.289. The second kappa shape index (κ2) is 6.05. The molecule has 0 rings (SSSR count). The number of halogens is 1. The first kappa shape index (κ1) is 8.92. The maximum Gasteiger partial charge on any atom is 0.253 e. The zero-order chi connectivity index (χ0) is 7.82. The van der Waals surface area contributed by atoms with E-state index < -0.39 is 12.6 Å². The van der Waals surface area contributed by atoms with Gasteiger partial charge >= 0.3 is 0 Å². The highest BCUT2D eigenvalue weighted by atomic mass is 19.1. The first-order chi connectivity index (χ1) is 4.81. The van der Waals surface area contributed by atoms with Crippen molar-refractivity contribution in [3.8, 4) is 12.3 Å². The van der Waals surface area contributed by atoms with Crippen molar-refractivity contribution in [3.05, 3.63) is 0 Å². The van der Waals surface area contributed by atoms with Crippen molar-refractivity contribution >= 4 is 5.91 Å². The number of carbonyl (C=O) groups is 1. The Morgan fingerprint density at radius 2 is 2.50 bits per heavy atom. The molecule has 0 aromatic rings. The van der Waals surface area contributed by atoms with Gasteiger partial charge in [-0.25, -0.2) is 4.39 Å². The minimum absolute atomic E-state index is 0.0348. The van der Waals surface area contributed by atoms with E-state index in [9.17, 15) is 9.18 Å². The molecule has 56 valence electrons. The van der Waals surface area contributed by atoms with E-state index >= 15 is 0 Å². The van der Waals surface area contributed by atoms with E-state index in [-0.39, 0.29) is 13.3 Å². The Labute approximate surface area is 58.6 Å². The summed E-state index contributed by atoms with van der Waals surface area (Å²) in [6, 6.07) is 0. The van der Waals surface area contributed by atoms with Crippen molar-refractivity contribution < 1.29 is 13.9 Å². The van der Waals surface area contributed by atoms with Crippen LogP contribution in [0.25, 0.3) is 0 Å². The number of hydrogen-bond acceptors (Lipinski definition) is 2. The molecule has 0 heterocycles. The SMILES string of the molecule is C#CCOCNC(=O)CF. The van der Waals surface area contributed by atoms with Crippen LogP contribution < -0.4 is 5.32 Å². The topological polar surface area (TPSA) is 38.3 Å². The smallest absolute Gasteiger partial charge is 0.253 e. The Morgan fingerprint density at radius 3 is 3.00 bits per heavy atom. The van der Waals surface area contributed by atoms with E-state index in [2.05, 4.69) is 16.0 Å². The Bertz CT molecular complexity index is 141. The summed E-state index contributed by atoms with van der Waals surface area (Å²) in [5.41, 5.74) is 0. The normalized spacial score (nSPS) is 8.40. The van der Waals surface area contributed by atoms with Crippen LogP contribution in [0.15, 0.2) is 0 Å². The van der Waals surface area contributed by atoms with Crippen LogP contribution >= 0.6 is 0 Å². The van der Waals surface area contributed by atoms with Gasteiger partial charge in [-0.05, 0) is 0 Å². The van der Waals surface area contributed by atoms with Gasteiger partial charge < -0.3 is 10.1 Å². The van der Waals surface area contributed by atoms with Crippen molar-refractivity contribution in [2.75, 3.05) is 20.0 Å². The van der Waals surface area contributed by atoms with Crippen LogP contribution in [0.2, 0.25) is 0 Å². The molecule has 0 saturated heterocycles. The molecule has 0 saturated carbocycles. The van der Waals surface area contributed by atoms with E-state index in [1.807, 2.05) is 0 Å². The summed E-state index contributed by atoms with van der Waals surface area (Å²) < 4.78 is 16.0. The third-order valence-electron chi connectivity index (χ3n) is 0.678. The highest BCUT2D eigenvalue weighted by Crippen LogP contribution is 1.70. The summed E-state index contributed by atoms with van der Waals surface area (Å²) in [5, 5.41) is 2.14. The van der Waals surface area contributed by atoms with Crippen molar-refractivity contribution in [2.24, 2.45) is 0 Å². The molecule has 0 aliphatic rings. The lowest BCUT2D eigenvalue weighted by Gasteiger charge is -1.99. The monoisotopic (exact) mass is 145 g/mol. The van der Waals surface area contributed by atoms with Crippen molar-refractivity contribution in [3.63, 3.8) is 0 Å². The molecule has 10 heavy (non-hydrogen) atoms. The summed E-state index contributed by atoms with van der Waals surface area (Å²) in [4.78, 5) is 10.2. The van der Waals surface area contributed by atoms with E-state index in [0.29, 0.717) is 0 Å². The fourth-order valence-corrected chi connectivity index (χ4v) is 0.289. The summed E-state index contributed by atoms with van der Waals surface area (Å²) in [6.07, 6.45) is 4.82. The molecule has 0 bridgehead atoms. The summed E-state index contributed by atoms with van der Waals surface area (Å²) in [5.74, 6) is 1.49. The quantitative estimate of drug-likeness (QED) is 0.334. The predicted octanol–water partition coefficient (Wildman–Crippen LogP) is -0.321. The van der Waals surface area contributed by atoms with Crippen molar-refractivity contribution in [1.29, 1.82) is 0 Å². The van der Waals surface area contributed by atoms with Crippen molar-refractivity contribution in [2.45, 2.75) is 0 Å². The van der Waals surface area contributed by atoms with Gasteiger partial charge in [0.25, 0.3) is 5.91 Å². The zero-order valence-corrected chi connectivity index (χ0v) is 5.39. The number of nitrogens with one attached hydrogen (secondary N) is 1. The lowest BCUT2D eigenvalue weighted by atomic mass is 10.7. The van der Waals surface area contributed by atoms with Gasteiger partial charge in [0.05, 0.1) is 0 Å². The van der Waals surface area contributed by atoms with Crippen LogP contribution in [-0.2, 0) is 9.53 Å². The molecule has 3 nitrogen and oxygen atoms in total. The predicted molar refractivity (Wildman–Crippen MR) is 33.8 cm³/mol. The minimum atomic E-state index is -1.03. The third kappa shape index (κ3) is 5.06. The molecular weight excluding hydrogens is 137 g/mol. The highest BCUT2D eigenvalue weighted by Gasteiger charge is 1.95. The third-order valence-corrected chi connectivity index (χ3v) is 0.678. The largest absolute Gasteiger partial charge is 0.349 e. The minimum Gasteiger partial charge on any atom is -0.349 e. The highest BCUT2D eigenvalue weighted by molar-refractivity contribution is 5.76. The average molecular weight is 145 g/mol. The number of carbonyl (C=O) groups excluding carboxylic acids is 1. The Balaban J connectivity index is 3.05. The van der Waals surface area contributed by atoms with Gasteiger partial charge in [0.1, 0.15) is 13.3 Å². The molecule has 1 N–H and O–H groups in total. The number of hydrogen-bond donors (Lipinski definition) is 1. The van der Waals surface area contributed by atoms with Crippen LogP contribution in [0.4, 0.5) is 4.39 Å². The average Bonchev–Trinajstić information content (AvgIpc) is 1.98. The van der Waals surface area contributed by atoms with E-state index in [0.717, 1.165) is 0 Å². The molecule has 0 fully saturated rings. The van der Waals surface area contributed by atoms with E-state index in [1.54, 1.807) is 0 Å². The van der Waals surface area contributed by atoms with Gasteiger partial charge in [-0.1, -0.05) is 5.92 Å². The molecule has 0 aromatic heterocycles. The van der Waals surface area contributed by atoms with E-state index in [1.165, 1.54) is 0 Å². The lowest BCUT2D eigenvalue weighted by molar-refractivity contribution is -0.123. The number of alkyl halides is 1. The molecule has 0 atom stereocenters. The van der Waals surface area contributed by atoms with Gasteiger partial charge in [-0.2, -0.15) is 0 Å². The van der Waals surface area contributed by atoms with Gasteiger partial charge in [0.2, 0.25) is 0 Å². The van der Waals surface area contributed by atoms with Gasteiger partial charge in [0, 0.05) is 0 Å².